The van der Waals surface area contributed by atoms with Gasteiger partial charge in [-0.25, -0.2) is 4.79 Å². The van der Waals surface area contributed by atoms with Crippen LogP contribution in [0.2, 0.25) is 0 Å². The summed E-state index contributed by atoms with van der Waals surface area (Å²) >= 11 is 0. The van der Waals surface area contributed by atoms with Crippen molar-refractivity contribution >= 4 is 17.7 Å². The first-order chi connectivity index (χ1) is 18.4. The van der Waals surface area contributed by atoms with Gasteiger partial charge in [0, 0.05) is 5.56 Å². The molecule has 0 saturated heterocycles. The van der Waals surface area contributed by atoms with Crippen LogP contribution in [-0.4, -0.2) is 28.4 Å². The molecule has 2 atom stereocenters. The van der Waals surface area contributed by atoms with Gasteiger partial charge >= 0.3 is 12.1 Å². The van der Waals surface area contributed by atoms with E-state index in [-0.39, 0.29) is 13.0 Å². The van der Waals surface area contributed by atoms with Crippen molar-refractivity contribution in [2.75, 3.05) is 5.32 Å². The van der Waals surface area contributed by atoms with Gasteiger partial charge in [0.05, 0.1) is 19.1 Å². The molecule has 0 aliphatic heterocycles. The van der Waals surface area contributed by atoms with Gasteiger partial charge in [0.15, 0.2) is 5.76 Å². The zero-order valence-electron chi connectivity index (χ0n) is 21.3. The molecule has 8 heteroatoms. The number of aliphatic carboxylic acids is 1. The molecule has 0 fully saturated rings. The number of hydrogen-bond acceptors (Lipinski definition) is 6. The summed E-state index contributed by atoms with van der Waals surface area (Å²) in [7, 11) is 0. The van der Waals surface area contributed by atoms with Crippen LogP contribution in [0.4, 0.5) is 10.5 Å². The molecule has 0 spiro atoms. The van der Waals surface area contributed by atoms with Crippen LogP contribution in [-0.2, 0) is 27.3 Å². The lowest BCUT2D eigenvalue weighted by Crippen LogP contribution is -2.20. The number of nitrogens with zero attached hydrogens (tertiary/aromatic N) is 1. The molecule has 0 aliphatic carbocycles. The van der Waals surface area contributed by atoms with Crippen molar-refractivity contribution < 1.29 is 28.7 Å². The van der Waals surface area contributed by atoms with Gasteiger partial charge in [-0.1, -0.05) is 90.1 Å². The molecule has 4 aromatic rings. The Labute approximate surface area is 221 Å². The highest BCUT2D eigenvalue weighted by Gasteiger charge is 2.20. The molecule has 4 rings (SSSR count). The number of aromatic nitrogens is 1. The van der Waals surface area contributed by atoms with Gasteiger partial charge in [0.2, 0.25) is 0 Å². The summed E-state index contributed by atoms with van der Waals surface area (Å²) in [6, 6.07) is 26.5. The maximum atomic E-state index is 12.6. The Kier molecular flexibility index (Phi) is 8.89. The van der Waals surface area contributed by atoms with Crippen LogP contribution in [0.1, 0.15) is 41.8 Å². The second kappa shape index (κ2) is 12.7. The molecular formula is C30H30N2O6. The molecule has 0 aliphatic rings. The number of anilines is 1. The number of carboxylic acids is 1. The lowest BCUT2D eigenvalue weighted by molar-refractivity contribution is -0.140. The SMILES string of the molecule is Cc1noc(-c2ccc(COC(CC(=O)O)Cc3ccccc3)cc2)c1NC(=O)OC(C)c1ccccc1. The zero-order chi connectivity index (χ0) is 26.9. The largest absolute Gasteiger partial charge is 0.481 e. The predicted octanol–water partition coefficient (Wildman–Crippen LogP) is 6.56. The van der Waals surface area contributed by atoms with Crippen molar-refractivity contribution in [2.24, 2.45) is 0 Å². The summed E-state index contributed by atoms with van der Waals surface area (Å²) in [5.41, 5.74) is 4.45. The number of carboxylic acid groups (broad SMARTS) is 1. The topological polar surface area (TPSA) is 111 Å². The third kappa shape index (κ3) is 7.30. The molecule has 196 valence electrons. The van der Waals surface area contributed by atoms with E-state index in [2.05, 4.69) is 10.5 Å². The summed E-state index contributed by atoms with van der Waals surface area (Å²) in [6.07, 6.45) is -1.06. The zero-order valence-corrected chi connectivity index (χ0v) is 21.3. The predicted molar refractivity (Wildman–Crippen MR) is 143 cm³/mol. The van der Waals surface area contributed by atoms with Crippen molar-refractivity contribution in [2.45, 2.75) is 45.5 Å². The first-order valence-corrected chi connectivity index (χ1v) is 12.3. The summed E-state index contributed by atoms with van der Waals surface area (Å²) in [4.78, 5) is 23.9. The van der Waals surface area contributed by atoms with Crippen LogP contribution >= 0.6 is 0 Å². The maximum absolute atomic E-state index is 12.6. The highest BCUT2D eigenvalue weighted by Crippen LogP contribution is 2.32. The number of carbonyl (C=O) groups excluding carboxylic acids is 1. The molecule has 8 nitrogen and oxygen atoms in total. The fraction of sp³-hybridized carbons (Fsp3) is 0.233. The normalized spacial score (nSPS) is 12.5. The minimum atomic E-state index is -0.904. The van der Waals surface area contributed by atoms with Crippen LogP contribution in [0.15, 0.2) is 89.5 Å². The van der Waals surface area contributed by atoms with Crippen LogP contribution in [0.5, 0.6) is 0 Å². The number of hydrogen-bond donors (Lipinski definition) is 2. The van der Waals surface area contributed by atoms with Crippen LogP contribution < -0.4 is 5.32 Å². The smallest absolute Gasteiger partial charge is 0.412 e. The van der Waals surface area contributed by atoms with E-state index in [0.717, 1.165) is 16.7 Å². The quantitative estimate of drug-likeness (QED) is 0.233. The third-order valence-corrected chi connectivity index (χ3v) is 6.05. The lowest BCUT2D eigenvalue weighted by atomic mass is 10.1. The van der Waals surface area contributed by atoms with E-state index in [1.807, 2.05) is 84.9 Å². The molecule has 0 radical (unpaired) electrons. The molecule has 1 aromatic heterocycles. The van der Waals surface area contributed by atoms with Crippen LogP contribution in [0.3, 0.4) is 0 Å². The Morgan fingerprint density at radius 1 is 0.947 bits per heavy atom. The Hall–Kier alpha value is -4.43. The second-order valence-electron chi connectivity index (χ2n) is 8.97. The van der Waals surface area contributed by atoms with E-state index >= 15 is 0 Å². The highest BCUT2D eigenvalue weighted by atomic mass is 16.6. The van der Waals surface area contributed by atoms with Crippen molar-refractivity contribution in [1.29, 1.82) is 0 Å². The van der Waals surface area contributed by atoms with Crippen LogP contribution in [0, 0.1) is 6.92 Å². The number of rotatable bonds is 11. The number of benzene rings is 3. The molecule has 1 amide bonds. The molecule has 3 aromatic carbocycles. The molecule has 0 saturated carbocycles. The average molecular weight is 515 g/mol. The molecule has 2 N–H and O–H groups in total. The van der Waals surface area contributed by atoms with Gasteiger partial charge in [-0.2, -0.15) is 0 Å². The summed E-state index contributed by atoms with van der Waals surface area (Å²) in [5, 5.41) is 16.0. The van der Waals surface area contributed by atoms with E-state index < -0.39 is 24.3 Å². The van der Waals surface area contributed by atoms with Gasteiger partial charge in [-0.15, -0.1) is 0 Å². The average Bonchev–Trinajstić information content (AvgIpc) is 3.28. The number of aryl methyl sites for hydroxylation is 1. The van der Waals surface area contributed by atoms with E-state index in [4.69, 9.17) is 14.0 Å². The number of ether oxygens (including phenoxy) is 2. The maximum Gasteiger partial charge on any atom is 0.412 e. The summed E-state index contributed by atoms with van der Waals surface area (Å²) < 4.78 is 17.0. The summed E-state index contributed by atoms with van der Waals surface area (Å²) in [5.74, 6) is -0.495. The highest BCUT2D eigenvalue weighted by molar-refractivity contribution is 5.90. The van der Waals surface area contributed by atoms with E-state index in [1.165, 1.54) is 0 Å². The monoisotopic (exact) mass is 514 g/mol. The van der Waals surface area contributed by atoms with E-state index in [0.29, 0.717) is 29.1 Å². The van der Waals surface area contributed by atoms with Gasteiger partial charge in [0.1, 0.15) is 17.5 Å². The van der Waals surface area contributed by atoms with E-state index in [9.17, 15) is 14.7 Å². The van der Waals surface area contributed by atoms with Gasteiger partial charge in [0.25, 0.3) is 0 Å². The first kappa shape index (κ1) is 26.6. The Morgan fingerprint density at radius 2 is 1.61 bits per heavy atom. The molecule has 38 heavy (non-hydrogen) atoms. The Morgan fingerprint density at radius 3 is 2.26 bits per heavy atom. The number of carbonyl (C=O) groups is 2. The molecule has 0 bridgehead atoms. The minimum absolute atomic E-state index is 0.0850. The standard InChI is InChI=1S/C30H30N2O6/c1-20-28(31-30(35)37-21(2)24-11-7-4-8-12-24)29(38-32-20)25-15-13-23(14-16-25)19-36-26(18-27(33)34)17-22-9-5-3-6-10-22/h3-16,21,26H,17-19H2,1-2H3,(H,31,35)(H,33,34). The minimum Gasteiger partial charge on any atom is -0.481 e. The van der Waals surface area contributed by atoms with Crippen molar-refractivity contribution in [3.05, 3.63) is 107 Å². The van der Waals surface area contributed by atoms with Gasteiger partial charge in [-0.05, 0) is 37.0 Å². The van der Waals surface area contributed by atoms with Gasteiger partial charge in [-0.3, -0.25) is 10.1 Å². The lowest BCUT2D eigenvalue weighted by Gasteiger charge is -2.16. The third-order valence-electron chi connectivity index (χ3n) is 6.05. The molecule has 2 unspecified atom stereocenters. The molecular weight excluding hydrogens is 484 g/mol. The Balaban J connectivity index is 1.39. The van der Waals surface area contributed by atoms with Crippen molar-refractivity contribution in [3.8, 4) is 11.3 Å². The Bertz CT molecular complexity index is 1340. The fourth-order valence-corrected chi connectivity index (χ4v) is 4.03. The summed E-state index contributed by atoms with van der Waals surface area (Å²) in [6.45, 7) is 3.80. The number of amides is 1. The molecule has 1 heterocycles. The van der Waals surface area contributed by atoms with Crippen LogP contribution in [0.25, 0.3) is 11.3 Å². The van der Waals surface area contributed by atoms with Crippen molar-refractivity contribution in [1.82, 2.24) is 5.16 Å². The van der Waals surface area contributed by atoms with E-state index in [1.54, 1.807) is 13.8 Å². The van der Waals surface area contributed by atoms with Gasteiger partial charge < -0.3 is 19.1 Å². The van der Waals surface area contributed by atoms with Crippen molar-refractivity contribution in [3.63, 3.8) is 0 Å². The fourth-order valence-electron chi connectivity index (χ4n) is 4.03. The number of nitrogens with one attached hydrogen (secondary N) is 1. The second-order valence-corrected chi connectivity index (χ2v) is 8.97. The first-order valence-electron chi connectivity index (χ1n) is 12.3.